The molecule has 19 heavy (non-hydrogen) atoms. The standard InChI is InChI=1S/C13H16N4O2/c1-7(2)11-6-12(17-16-11)15-13(19)9-5-8(18)3-4-10(9)14/h3-7,18H,14H2,1-2H3,(H2,15,16,17,19). The van der Waals surface area contributed by atoms with Crippen LogP contribution in [0.5, 0.6) is 5.75 Å². The van der Waals surface area contributed by atoms with Gasteiger partial charge in [0, 0.05) is 17.4 Å². The van der Waals surface area contributed by atoms with Gasteiger partial charge in [-0.25, -0.2) is 0 Å². The van der Waals surface area contributed by atoms with E-state index in [0.29, 0.717) is 17.4 Å². The Morgan fingerprint density at radius 2 is 2.16 bits per heavy atom. The van der Waals surface area contributed by atoms with Crippen molar-refractivity contribution in [3.8, 4) is 5.75 Å². The lowest BCUT2D eigenvalue weighted by molar-refractivity contribution is 0.102. The molecule has 2 aromatic rings. The van der Waals surface area contributed by atoms with Crippen molar-refractivity contribution in [2.45, 2.75) is 19.8 Å². The summed E-state index contributed by atoms with van der Waals surface area (Å²) in [7, 11) is 0. The van der Waals surface area contributed by atoms with E-state index in [4.69, 9.17) is 5.73 Å². The van der Waals surface area contributed by atoms with Gasteiger partial charge in [0.05, 0.1) is 5.56 Å². The lowest BCUT2D eigenvalue weighted by atomic mass is 10.1. The Morgan fingerprint density at radius 1 is 1.42 bits per heavy atom. The zero-order valence-electron chi connectivity index (χ0n) is 10.8. The van der Waals surface area contributed by atoms with Crippen LogP contribution in [0.2, 0.25) is 0 Å². The van der Waals surface area contributed by atoms with Crippen molar-refractivity contribution in [1.82, 2.24) is 10.2 Å². The van der Waals surface area contributed by atoms with Gasteiger partial charge in [0.25, 0.3) is 5.91 Å². The number of carbonyl (C=O) groups is 1. The van der Waals surface area contributed by atoms with E-state index in [-0.39, 0.29) is 11.3 Å². The maximum atomic E-state index is 12.0. The first-order valence-electron chi connectivity index (χ1n) is 5.92. The van der Waals surface area contributed by atoms with Crippen LogP contribution in [0.25, 0.3) is 0 Å². The number of nitrogens with zero attached hydrogens (tertiary/aromatic N) is 1. The Labute approximate surface area is 110 Å². The van der Waals surface area contributed by atoms with E-state index in [2.05, 4.69) is 15.5 Å². The third kappa shape index (κ3) is 2.85. The molecule has 0 saturated carbocycles. The zero-order chi connectivity index (χ0) is 14.0. The quantitative estimate of drug-likeness (QED) is 0.501. The van der Waals surface area contributed by atoms with Crippen LogP contribution in [0.4, 0.5) is 11.5 Å². The first-order chi connectivity index (χ1) is 8.97. The lowest BCUT2D eigenvalue weighted by Gasteiger charge is -2.05. The molecule has 1 heterocycles. The van der Waals surface area contributed by atoms with Crippen molar-refractivity contribution in [2.24, 2.45) is 0 Å². The summed E-state index contributed by atoms with van der Waals surface area (Å²) >= 11 is 0. The highest BCUT2D eigenvalue weighted by molar-refractivity contribution is 6.07. The number of rotatable bonds is 3. The monoisotopic (exact) mass is 260 g/mol. The molecule has 0 bridgehead atoms. The van der Waals surface area contributed by atoms with Crippen LogP contribution in [0.15, 0.2) is 24.3 Å². The highest BCUT2D eigenvalue weighted by Crippen LogP contribution is 2.20. The molecule has 1 amide bonds. The normalized spacial score (nSPS) is 10.7. The summed E-state index contributed by atoms with van der Waals surface area (Å²) in [6.07, 6.45) is 0. The number of H-pyrrole nitrogens is 1. The Morgan fingerprint density at radius 3 is 2.79 bits per heavy atom. The molecule has 1 aromatic heterocycles. The summed E-state index contributed by atoms with van der Waals surface area (Å²) in [6, 6.07) is 5.99. The van der Waals surface area contributed by atoms with E-state index >= 15 is 0 Å². The summed E-state index contributed by atoms with van der Waals surface area (Å²) in [4.78, 5) is 12.0. The molecule has 0 radical (unpaired) electrons. The lowest BCUT2D eigenvalue weighted by Crippen LogP contribution is -2.14. The largest absolute Gasteiger partial charge is 0.508 e. The van der Waals surface area contributed by atoms with E-state index < -0.39 is 5.91 Å². The van der Waals surface area contributed by atoms with Crippen LogP contribution in [0.1, 0.15) is 35.8 Å². The maximum Gasteiger partial charge on any atom is 0.259 e. The number of amides is 1. The second kappa shape index (κ2) is 5.01. The minimum absolute atomic E-state index is 0.00996. The van der Waals surface area contributed by atoms with Crippen molar-refractivity contribution in [3.05, 3.63) is 35.5 Å². The number of hydrogen-bond acceptors (Lipinski definition) is 4. The van der Waals surface area contributed by atoms with Gasteiger partial charge in [0.15, 0.2) is 5.82 Å². The van der Waals surface area contributed by atoms with Crippen LogP contribution in [-0.4, -0.2) is 21.2 Å². The molecule has 2 rings (SSSR count). The van der Waals surface area contributed by atoms with E-state index in [9.17, 15) is 9.90 Å². The average Bonchev–Trinajstić information content (AvgIpc) is 2.80. The first kappa shape index (κ1) is 12.9. The SMILES string of the molecule is CC(C)c1cc(NC(=O)c2cc(O)ccc2N)n[nH]1. The van der Waals surface area contributed by atoms with Gasteiger partial charge >= 0.3 is 0 Å². The van der Waals surface area contributed by atoms with Gasteiger partial charge < -0.3 is 16.2 Å². The summed E-state index contributed by atoms with van der Waals surface area (Å²) in [6.45, 7) is 4.04. The topological polar surface area (TPSA) is 104 Å². The van der Waals surface area contributed by atoms with Crippen molar-refractivity contribution < 1.29 is 9.90 Å². The molecule has 1 aromatic carbocycles. The number of aromatic hydroxyl groups is 1. The number of aromatic amines is 1. The number of hydrogen-bond donors (Lipinski definition) is 4. The molecule has 0 unspecified atom stereocenters. The number of nitrogens with one attached hydrogen (secondary N) is 2. The van der Waals surface area contributed by atoms with Gasteiger partial charge in [-0.15, -0.1) is 0 Å². The van der Waals surface area contributed by atoms with Crippen molar-refractivity contribution in [1.29, 1.82) is 0 Å². The van der Waals surface area contributed by atoms with Crippen molar-refractivity contribution >= 4 is 17.4 Å². The van der Waals surface area contributed by atoms with Crippen LogP contribution < -0.4 is 11.1 Å². The number of carbonyl (C=O) groups excluding carboxylic acids is 1. The van der Waals surface area contributed by atoms with E-state index in [1.807, 2.05) is 13.8 Å². The Balaban J connectivity index is 2.18. The second-order valence-corrected chi connectivity index (χ2v) is 4.59. The van der Waals surface area contributed by atoms with E-state index in [0.717, 1.165) is 5.69 Å². The predicted octanol–water partition coefficient (Wildman–Crippen LogP) is 2.07. The highest BCUT2D eigenvalue weighted by Gasteiger charge is 2.13. The van der Waals surface area contributed by atoms with Gasteiger partial charge in [-0.2, -0.15) is 5.10 Å². The van der Waals surface area contributed by atoms with Gasteiger partial charge in [-0.3, -0.25) is 9.89 Å². The smallest absolute Gasteiger partial charge is 0.259 e. The van der Waals surface area contributed by atoms with Crippen LogP contribution >= 0.6 is 0 Å². The summed E-state index contributed by atoms with van der Waals surface area (Å²) in [5.41, 5.74) is 7.14. The second-order valence-electron chi connectivity index (χ2n) is 4.59. The summed E-state index contributed by atoms with van der Waals surface area (Å²) < 4.78 is 0. The third-order valence-corrected chi connectivity index (χ3v) is 2.74. The molecule has 6 heteroatoms. The molecule has 0 atom stereocenters. The highest BCUT2D eigenvalue weighted by atomic mass is 16.3. The molecule has 100 valence electrons. The maximum absolute atomic E-state index is 12.0. The third-order valence-electron chi connectivity index (χ3n) is 2.74. The van der Waals surface area contributed by atoms with Crippen LogP contribution in [-0.2, 0) is 0 Å². The van der Waals surface area contributed by atoms with Crippen LogP contribution in [0.3, 0.4) is 0 Å². The molecular formula is C13H16N4O2. The van der Waals surface area contributed by atoms with Gasteiger partial charge in [0.1, 0.15) is 5.75 Å². The Hall–Kier alpha value is -2.50. The number of benzene rings is 1. The summed E-state index contributed by atoms with van der Waals surface area (Å²) in [5.74, 6) is 0.305. The molecule has 0 spiro atoms. The Kier molecular flexibility index (Phi) is 3.41. The van der Waals surface area contributed by atoms with Crippen molar-refractivity contribution in [3.63, 3.8) is 0 Å². The number of anilines is 2. The van der Waals surface area contributed by atoms with Crippen LogP contribution in [0, 0.1) is 0 Å². The molecular weight excluding hydrogens is 244 g/mol. The molecule has 6 nitrogen and oxygen atoms in total. The number of phenols is 1. The number of nitrogens with two attached hydrogens (primary N) is 1. The molecule has 0 saturated heterocycles. The molecule has 0 aliphatic carbocycles. The fourth-order valence-electron chi connectivity index (χ4n) is 1.62. The molecule has 0 aliphatic rings. The average molecular weight is 260 g/mol. The molecule has 0 aliphatic heterocycles. The summed E-state index contributed by atoms with van der Waals surface area (Å²) in [5, 5.41) is 18.8. The van der Waals surface area contributed by atoms with Gasteiger partial charge in [-0.1, -0.05) is 13.8 Å². The first-order valence-corrected chi connectivity index (χ1v) is 5.92. The predicted molar refractivity (Wildman–Crippen MR) is 73.1 cm³/mol. The number of nitrogen functional groups attached to an aromatic ring is 1. The van der Waals surface area contributed by atoms with Crippen molar-refractivity contribution in [2.75, 3.05) is 11.1 Å². The van der Waals surface area contributed by atoms with Gasteiger partial charge in [-0.05, 0) is 24.1 Å². The van der Waals surface area contributed by atoms with E-state index in [1.165, 1.54) is 18.2 Å². The zero-order valence-corrected chi connectivity index (χ0v) is 10.8. The minimum Gasteiger partial charge on any atom is -0.508 e. The fourth-order valence-corrected chi connectivity index (χ4v) is 1.62. The minimum atomic E-state index is -0.407. The molecule has 0 fully saturated rings. The number of aromatic nitrogens is 2. The number of phenolic OH excluding ortho intramolecular Hbond substituents is 1. The van der Waals surface area contributed by atoms with Gasteiger partial charge in [0.2, 0.25) is 0 Å². The molecule has 5 N–H and O–H groups in total. The fraction of sp³-hybridized carbons (Fsp3) is 0.231. The van der Waals surface area contributed by atoms with E-state index in [1.54, 1.807) is 6.07 Å². The Bertz CT molecular complexity index is 604.